The summed E-state index contributed by atoms with van der Waals surface area (Å²) >= 11 is 0. The Morgan fingerprint density at radius 3 is 2.40 bits per heavy atom. The van der Waals surface area contributed by atoms with Gasteiger partial charge in [-0.2, -0.15) is 0 Å². The molecule has 1 aliphatic rings. The van der Waals surface area contributed by atoms with Crippen LogP contribution in [-0.4, -0.2) is 46.8 Å². The Morgan fingerprint density at radius 2 is 2.07 bits per heavy atom. The average Bonchev–Trinajstić information content (AvgIpc) is 2.92. The number of aliphatic hydroxyl groups is 1. The molecule has 6 nitrogen and oxygen atoms in total. The van der Waals surface area contributed by atoms with Crippen molar-refractivity contribution in [2.45, 2.75) is 31.3 Å². The summed E-state index contributed by atoms with van der Waals surface area (Å²) < 4.78 is 0. The molecule has 1 amide bonds. The van der Waals surface area contributed by atoms with Crippen LogP contribution in [0.3, 0.4) is 0 Å². The number of carbonyl (C=O) groups excluding carboxylic acids is 1. The minimum absolute atomic E-state index is 0.000585. The van der Waals surface area contributed by atoms with Gasteiger partial charge in [-0.3, -0.25) is 4.79 Å². The molecule has 86 valence electrons. The first kappa shape index (κ1) is 11.9. The quantitative estimate of drug-likeness (QED) is 0.442. The summed E-state index contributed by atoms with van der Waals surface area (Å²) in [6.07, 6.45) is 1.69. The first-order valence-corrected chi connectivity index (χ1v) is 4.85. The van der Waals surface area contributed by atoms with Crippen molar-refractivity contribution in [3.8, 4) is 0 Å². The molecule has 0 radical (unpaired) electrons. The van der Waals surface area contributed by atoms with Gasteiger partial charge in [0.2, 0.25) is 5.91 Å². The van der Waals surface area contributed by atoms with Gasteiger partial charge in [0, 0.05) is 19.0 Å². The zero-order chi connectivity index (χ0) is 11.5. The minimum atomic E-state index is -1.08. The van der Waals surface area contributed by atoms with Crippen LogP contribution < -0.4 is 10.6 Å². The fourth-order valence-electron chi connectivity index (χ4n) is 1.31. The molecule has 1 saturated carbocycles. The van der Waals surface area contributed by atoms with Gasteiger partial charge in [-0.25, -0.2) is 4.79 Å². The first-order chi connectivity index (χ1) is 6.99. The summed E-state index contributed by atoms with van der Waals surface area (Å²) in [6, 6.07) is -0.938. The molecule has 15 heavy (non-hydrogen) atoms. The summed E-state index contributed by atoms with van der Waals surface area (Å²) in [6.45, 7) is 1.41. The SMILES string of the molecule is CC(=O)NC(CNC1(CO)CC1)C(=O)O. The van der Waals surface area contributed by atoms with Crippen LogP contribution >= 0.6 is 0 Å². The average molecular weight is 216 g/mol. The second kappa shape index (κ2) is 4.59. The number of nitrogens with one attached hydrogen (secondary N) is 2. The van der Waals surface area contributed by atoms with Gasteiger partial charge in [0.25, 0.3) is 0 Å². The van der Waals surface area contributed by atoms with E-state index in [1.807, 2.05) is 0 Å². The van der Waals surface area contributed by atoms with Gasteiger partial charge in [-0.1, -0.05) is 0 Å². The van der Waals surface area contributed by atoms with Crippen LogP contribution in [0.5, 0.6) is 0 Å². The van der Waals surface area contributed by atoms with E-state index in [4.69, 9.17) is 10.2 Å². The van der Waals surface area contributed by atoms with Crippen molar-refractivity contribution in [3.63, 3.8) is 0 Å². The van der Waals surface area contributed by atoms with E-state index in [0.29, 0.717) is 0 Å². The summed E-state index contributed by atoms with van der Waals surface area (Å²) in [4.78, 5) is 21.5. The van der Waals surface area contributed by atoms with Gasteiger partial charge in [-0.15, -0.1) is 0 Å². The highest BCUT2D eigenvalue weighted by Gasteiger charge is 2.42. The Hall–Kier alpha value is -1.14. The van der Waals surface area contributed by atoms with E-state index in [1.54, 1.807) is 0 Å². The molecule has 1 atom stereocenters. The number of hydrogen-bond acceptors (Lipinski definition) is 4. The van der Waals surface area contributed by atoms with Crippen molar-refractivity contribution in [2.75, 3.05) is 13.2 Å². The van der Waals surface area contributed by atoms with Crippen molar-refractivity contribution in [3.05, 3.63) is 0 Å². The standard InChI is InChI=1S/C9H16N2O4/c1-6(13)11-7(8(14)15)4-10-9(5-12)2-3-9/h7,10,12H,2-5H2,1H3,(H,11,13)(H,14,15). The number of carboxylic acids is 1. The summed E-state index contributed by atoms with van der Waals surface area (Å²) in [5, 5.41) is 23.1. The first-order valence-electron chi connectivity index (χ1n) is 4.85. The predicted molar refractivity (Wildman–Crippen MR) is 52.3 cm³/mol. The highest BCUT2D eigenvalue weighted by atomic mass is 16.4. The zero-order valence-electron chi connectivity index (χ0n) is 8.62. The fourth-order valence-corrected chi connectivity index (χ4v) is 1.31. The third-order valence-corrected chi connectivity index (χ3v) is 2.51. The molecule has 0 bridgehead atoms. The van der Waals surface area contributed by atoms with E-state index in [1.165, 1.54) is 6.92 Å². The number of carbonyl (C=O) groups is 2. The lowest BCUT2D eigenvalue weighted by Crippen LogP contribution is -2.50. The predicted octanol–water partition coefficient (Wildman–Crippen LogP) is -1.31. The molecular weight excluding hydrogens is 200 g/mol. The van der Waals surface area contributed by atoms with Crippen LogP contribution in [0.4, 0.5) is 0 Å². The molecule has 0 spiro atoms. The van der Waals surface area contributed by atoms with Gasteiger partial charge in [0.15, 0.2) is 0 Å². The van der Waals surface area contributed by atoms with Crippen LogP contribution in [-0.2, 0) is 9.59 Å². The van der Waals surface area contributed by atoms with Crippen LogP contribution in [0, 0.1) is 0 Å². The Balaban J connectivity index is 2.38. The monoisotopic (exact) mass is 216 g/mol. The van der Waals surface area contributed by atoms with Gasteiger partial charge < -0.3 is 20.8 Å². The maximum atomic E-state index is 10.7. The second-order valence-corrected chi connectivity index (χ2v) is 3.91. The summed E-state index contributed by atoms with van der Waals surface area (Å²) in [7, 11) is 0. The van der Waals surface area contributed by atoms with Crippen molar-refractivity contribution < 1.29 is 19.8 Å². The molecule has 1 rings (SSSR count). The number of carboxylic acid groups (broad SMARTS) is 1. The second-order valence-electron chi connectivity index (χ2n) is 3.91. The minimum Gasteiger partial charge on any atom is -0.480 e. The van der Waals surface area contributed by atoms with Gasteiger partial charge in [0.1, 0.15) is 6.04 Å². The van der Waals surface area contributed by atoms with Gasteiger partial charge in [-0.05, 0) is 12.8 Å². The largest absolute Gasteiger partial charge is 0.480 e. The van der Waals surface area contributed by atoms with Crippen LogP contribution in [0.15, 0.2) is 0 Å². The molecule has 1 aliphatic carbocycles. The molecule has 6 heteroatoms. The van der Waals surface area contributed by atoms with Crippen LogP contribution in [0.1, 0.15) is 19.8 Å². The van der Waals surface area contributed by atoms with Crippen molar-refractivity contribution in [1.29, 1.82) is 0 Å². The van der Waals surface area contributed by atoms with E-state index in [-0.39, 0.29) is 24.6 Å². The normalized spacial score (nSPS) is 19.3. The molecular formula is C9H16N2O4. The zero-order valence-corrected chi connectivity index (χ0v) is 8.62. The Kier molecular flexibility index (Phi) is 3.65. The summed E-state index contributed by atoms with van der Waals surface area (Å²) in [5.74, 6) is -1.45. The van der Waals surface area contributed by atoms with Gasteiger partial charge >= 0.3 is 5.97 Å². The molecule has 0 heterocycles. The molecule has 0 aromatic heterocycles. The molecule has 0 aromatic carbocycles. The van der Waals surface area contributed by atoms with E-state index >= 15 is 0 Å². The molecule has 0 saturated heterocycles. The summed E-state index contributed by atoms with van der Waals surface area (Å²) in [5.41, 5.74) is -0.313. The van der Waals surface area contributed by atoms with Crippen molar-refractivity contribution in [2.24, 2.45) is 0 Å². The third kappa shape index (κ3) is 3.49. The molecule has 1 fully saturated rings. The molecule has 0 aromatic rings. The van der Waals surface area contributed by atoms with E-state index < -0.39 is 12.0 Å². The molecule has 0 aliphatic heterocycles. The Labute approximate surface area is 87.7 Å². The molecule has 4 N–H and O–H groups in total. The highest BCUT2D eigenvalue weighted by molar-refractivity contribution is 5.82. The van der Waals surface area contributed by atoms with Crippen LogP contribution in [0.2, 0.25) is 0 Å². The van der Waals surface area contributed by atoms with E-state index in [2.05, 4.69) is 10.6 Å². The number of aliphatic carboxylic acids is 1. The maximum absolute atomic E-state index is 10.7. The smallest absolute Gasteiger partial charge is 0.327 e. The fraction of sp³-hybridized carbons (Fsp3) is 0.778. The van der Waals surface area contributed by atoms with Gasteiger partial charge in [0.05, 0.1) is 6.61 Å². The Morgan fingerprint density at radius 1 is 1.47 bits per heavy atom. The van der Waals surface area contributed by atoms with Crippen LogP contribution in [0.25, 0.3) is 0 Å². The topological polar surface area (TPSA) is 98.7 Å². The Bertz CT molecular complexity index is 263. The number of aliphatic hydroxyl groups excluding tert-OH is 1. The van der Waals surface area contributed by atoms with E-state index in [0.717, 1.165) is 12.8 Å². The third-order valence-electron chi connectivity index (χ3n) is 2.51. The number of amides is 1. The lowest BCUT2D eigenvalue weighted by atomic mass is 10.2. The highest BCUT2D eigenvalue weighted by Crippen LogP contribution is 2.34. The number of hydrogen-bond donors (Lipinski definition) is 4. The lowest BCUT2D eigenvalue weighted by Gasteiger charge is -2.18. The number of rotatable bonds is 6. The lowest BCUT2D eigenvalue weighted by molar-refractivity contribution is -0.141. The van der Waals surface area contributed by atoms with Crippen molar-refractivity contribution in [1.82, 2.24) is 10.6 Å². The van der Waals surface area contributed by atoms with E-state index in [9.17, 15) is 9.59 Å². The van der Waals surface area contributed by atoms with Crippen molar-refractivity contribution >= 4 is 11.9 Å². The molecule has 1 unspecified atom stereocenters. The maximum Gasteiger partial charge on any atom is 0.327 e.